The van der Waals surface area contributed by atoms with Gasteiger partial charge in [-0.3, -0.25) is 0 Å². The van der Waals surface area contributed by atoms with Crippen LogP contribution in [-0.4, -0.2) is 36.8 Å². The van der Waals surface area contributed by atoms with E-state index in [9.17, 15) is 0 Å². The lowest BCUT2D eigenvalue weighted by atomic mass is 10.0. The minimum absolute atomic E-state index is 0.124. The maximum Gasteiger partial charge on any atom is 0.171 e. The Morgan fingerprint density at radius 2 is 2.35 bits per heavy atom. The number of ether oxygens (including phenoxy) is 1. The molecule has 2 rings (SSSR count). The van der Waals surface area contributed by atoms with Gasteiger partial charge >= 0.3 is 0 Å². The minimum Gasteiger partial charge on any atom is -0.490 e. The number of nitrogens with zero attached hydrogens (tertiary/aromatic N) is 2. The molecule has 1 saturated heterocycles. The molecule has 1 N–H and O–H groups in total. The van der Waals surface area contributed by atoms with Gasteiger partial charge < -0.3 is 15.0 Å². The zero-order valence-corrected chi connectivity index (χ0v) is 10.9. The van der Waals surface area contributed by atoms with Crippen LogP contribution in [0, 0.1) is 0 Å². The molecule has 1 fully saturated rings. The van der Waals surface area contributed by atoms with Gasteiger partial charge in [-0.1, -0.05) is 0 Å². The second-order valence-corrected chi connectivity index (χ2v) is 4.99. The van der Waals surface area contributed by atoms with E-state index in [0.29, 0.717) is 6.61 Å². The van der Waals surface area contributed by atoms with Gasteiger partial charge in [-0.05, 0) is 32.9 Å². The average Bonchev–Trinajstić information content (AvgIpc) is 2.29. The van der Waals surface area contributed by atoms with E-state index in [4.69, 9.17) is 4.74 Å². The number of hydrogen-bond donors (Lipinski definition) is 1. The topological polar surface area (TPSA) is 37.4 Å². The van der Waals surface area contributed by atoms with Gasteiger partial charge in [0, 0.05) is 31.4 Å². The predicted molar refractivity (Wildman–Crippen MR) is 69.7 cm³/mol. The fourth-order valence-corrected chi connectivity index (χ4v) is 2.21. The summed E-state index contributed by atoms with van der Waals surface area (Å²) in [5, 5.41) is 3.50. The normalized spacial score (nSPS) is 19.1. The van der Waals surface area contributed by atoms with Crippen LogP contribution < -0.4 is 15.0 Å². The van der Waals surface area contributed by atoms with E-state index < -0.39 is 0 Å². The lowest BCUT2D eigenvalue weighted by molar-refractivity contribution is 0.327. The minimum atomic E-state index is 0.124. The molecule has 0 saturated carbocycles. The fourth-order valence-electron chi connectivity index (χ4n) is 2.21. The third-order valence-corrected chi connectivity index (χ3v) is 2.92. The Bertz CT molecular complexity index is 379. The Balaban J connectivity index is 2.21. The molecule has 0 atom stereocenters. The molecule has 4 nitrogen and oxygen atoms in total. The van der Waals surface area contributed by atoms with Crippen molar-refractivity contribution in [1.82, 2.24) is 10.3 Å². The SMILES string of the molecule is CCOc1cccnc1N1CCNC(C)(C)C1. The van der Waals surface area contributed by atoms with Crippen molar-refractivity contribution in [1.29, 1.82) is 0 Å². The van der Waals surface area contributed by atoms with Gasteiger partial charge in [0.25, 0.3) is 0 Å². The summed E-state index contributed by atoms with van der Waals surface area (Å²) in [6.07, 6.45) is 1.83. The smallest absolute Gasteiger partial charge is 0.171 e. The van der Waals surface area contributed by atoms with Crippen molar-refractivity contribution in [2.24, 2.45) is 0 Å². The number of aromatic nitrogens is 1. The van der Waals surface area contributed by atoms with Gasteiger partial charge in [-0.25, -0.2) is 4.98 Å². The molecule has 1 aliphatic rings. The maximum atomic E-state index is 5.63. The van der Waals surface area contributed by atoms with Crippen LogP contribution in [0.1, 0.15) is 20.8 Å². The number of rotatable bonds is 3. The number of anilines is 1. The van der Waals surface area contributed by atoms with Crippen LogP contribution in [0.15, 0.2) is 18.3 Å². The quantitative estimate of drug-likeness (QED) is 0.864. The van der Waals surface area contributed by atoms with Crippen LogP contribution in [0.2, 0.25) is 0 Å². The Morgan fingerprint density at radius 3 is 3.06 bits per heavy atom. The van der Waals surface area contributed by atoms with Crippen LogP contribution in [0.4, 0.5) is 5.82 Å². The number of nitrogens with one attached hydrogen (secondary N) is 1. The third-order valence-electron chi connectivity index (χ3n) is 2.92. The van der Waals surface area contributed by atoms with Crippen molar-refractivity contribution in [2.75, 3.05) is 31.1 Å². The third kappa shape index (κ3) is 2.88. The standard InChI is InChI=1S/C13H21N3O/c1-4-17-11-6-5-7-14-12(11)16-9-8-15-13(2,3)10-16/h5-7,15H,4,8-10H2,1-3H3. The molecule has 17 heavy (non-hydrogen) atoms. The molecule has 0 bridgehead atoms. The lowest BCUT2D eigenvalue weighted by Crippen LogP contribution is -2.57. The van der Waals surface area contributed by atoms with Crippen molar-refractivity contribution >= 4 is 5.82 Å². The van der Waals surface area contributed by atoms with E-state index in [2.05, 4.69) is 29.0 Å². The monoisotopic (exact) mass is 235 g/mol. The summed E-state index contributed by atoms with van der Waals surface area (Å²) in [4.78, 5) is 6.75. The van der Waals surface area contributed by atoms with E-state index >= 15 is 0 Å². The molecular formula is C13H21N3O. The van der Waals surface area contributed by atoms with Crippen molar-refractivity contribution in [3.8, 4) is 5.75 Å². The Hall–Kier alpha value is -1.29. The molecule has 1 aromatic rings. The molecule has 94 valence electrons. The maximum absolute atomic E-state index is 5.63. The summed E-state index contributed by atoms with van der Waals surface area (Å²) in [7, 11) is 0. The van der Waals surface area contributed by atoms with E-state index in [-0.39, 0.29) is 5.54 Å². The highest BCUT2D eigenvalue weighted by atomic mass is 16.5. The summed E-state index contributed by atoms with van der Waals surface area (Å²) in [5.74, 6) is 1.84. The first kappa shape index (κ1) is 12.2. The van der Waals surface area contributed by atoms with Gasteiger partial charge in [0.2, 0.25) is 0 Å². The summed E-state index contributed by atoms with van der Waals surface area (Å²) >= 11 is 0. The molecule has 0 amide bonds. The van der Waals surface area contributed by atoms with Crippen molar-refractivity contribution in [3.63, 3.8) is 0 Å². The average molecular weight is 235 g/mol. The summed E-state index contributed by atoms with van der Waals surface area (Å²) < 4.78 is 5.63. The van der Waals surface area contributed by atoms with E-state index in [1.165, 1.54) is 0 Å². The number of pyridine rings is 1. The van der Waals surface area contributed by atoms with Gasteiger partial charge in [0.15, 0.2) is 11.6 Å². The van der Waals surface area contributed by atoms with E-state index in [1.807, 2.05) is 25.3 Å². The van der Waals surface area contributed by atoms with Gasteiger partial charge in [-0.15, -0.1) is 0 Å². The molecule has 0 unspecified atom stereocenters. The molecule has 0 radical (unpaired) electrons. The first-order valence-electron chi connectivity index (χ1n) is 6.20. The molecular weight excluding hydrogens is 214 g/mol. The Morgan fingerprint density at radius 1 is 1.53 bits per heavy atom. The first-order valence-corrected chi connectivity index (χ1v) is 6.20. The van der Waals surface area contributed by atoms with Gasteiger partial charge in [-0.2, -0.15) is 0 Å². The van der Waals surface area contributed by atoms with Crippen LogP contribution >= 0.6 is 0 Å². The summed E-state index contributed by atoms with van der Waals surface area (Å²) in [6.45, 7) is 10.00. The molecule has 1 aromatic heterocycles. The van der Waals surface area contributed by atoms with Crippen LogP contribution in [0.5, 0.6) is 5.75 Å². The number of piperazine rings is 1. The first-order chi connectivity index (χ1) is 8.12. The predicted octanol–water partition coefficient (Wildman–Crippen LogP) is 1.67. The van der Waals surface area contributed by atoms with Crippen molar-refractivity contribution < 1.29 is 4.74 Å². The van der Waals surface area contributed by atoms with E-state index in [0.717, 1.165) is 31.2 Å². The zero-order chi connectivity index (χ0) is 12.3. The Labute approximate surface area is 103 Å². The highest BCUT2D eigenvalue weighted by molar-refractivity contribution is 5.52. The summed E-state index contributed by atoms with van der Waals surface area (Å²) in [6, 6.07) is 3.91. The van der Waals surface area contributed by atoms with Crippen LogP contribution in [0.3, 0.4) is 0 Å². The molecule has 0 aliphatic carbocycles. The second-order valence-electron chi connectivity index (χ2n) is 4.99. The largest absolute Gasteiger partial charge is 0.490 e. The fraction of sp³-hybridized carbons (Fsp3) is 0.615. The lowest BCUT2D eigenvalue weighted by Gasteiger charge is -2.40. The van der Waals surface area contributed by atoms with Gasteiger partial charge in [0.05, 0.1) is 6.61 Å². The molecule has 1 aliphatic heterocycles. The molecule has 4 heteroatoms. The van der Waals surface area contributed by atoms with Crippen molar-refractivity contribution in [2.45, 2.75) is 26.3 Å². The molecule has 0 spiro atoms. The number of hydrogen-bond acceptors (Lipinski definition) is 4. The second kappa shape index (κ2) is 4.92. The van der Waals surface area contributed by atoms with Crippen LogP contribution in [0.25, 0.3) is 0 Å². The van der Waals surface area contributed by atoms with Crippen molar-refractivity contribution in [3.05, 3.63) is 18.3 Å². The Kier molecular flexibility index (Phi) is 3.52. The molecule has 2 heterocycles. The highest BCUT2D eigenvalue weighted by Gasteiger charge is 2.27. The molecule has 0 aromatic carbocycles. The highest BCUT2D eigenvalue weighted by Crippen LogP contribution is 2.27. The zero-order valence-electron chi connectivity index (χ0n) is 10.9. The van der Waals surface area contributed by atoms with E-state index in [1.54, 1.807) is 0 Å². The van der Waals surface area contributed by atoms with Gasteiger partial charge in [0.1, 0.15) is 0 Å². The van der Waals surface area contributed by atoms with Crippen LogP contribution in [-0.2, 0) is 0 Å². The summed E-state index contributed by atoms with van der Waals surface area (Å²) in [5.41, 5.74) is 0.124.